The second-order valence-electron chi connectivity index (χ2n) is 7.19. The van der Waals surface area contributed by atoms with E-state index in [4.69, 9.17) is 25.5 Å². The number of aromatic nitrogens is 1. The van der Waals surface area contributed by atoms with Gasteiger partial charge in [0.15, 0.2) is 23.0 Å². The Morgan fingerprint density at radius 1 is 1.17 bits per heavy atom. The number of likely N-dealkylation sites (tertiary alicyclic amines) is 1. The Labute approximate surface area is 172 Å². The number of amides is 1. The van der Waals surface area contributed by atoms with Crippen LogP contribution in [0.25, 0.3) is 17.2 Å². The lowest BCUT2D eigenvalue weighted by Gasteiger charge is -2.29. The zero-order chi connectivity index (χ0) is 19.8. The van der Waals surface area contributed by atoms with Crippen LogP contribution in [0, 0.1) is 0 Å². The number of carbonyl (C=O) groups is 1. The summed E-state index contributed by atoms with van der Waals surface area (Å²) in [7, 11) is 0. The van der Waals surface area contributed by atoms with Crippen molar-refractivity contribution in [2.24, 2.45) is 0 Å². The molecule has 0 spiro atoms. The van der Waals surface area contributed by atoms with Crippen molar-refractivity contribution in [3.63, 3.8) is 0 Å². The number of carbonyl (C=O) groups excluding carboxylic acids is 1. The number of para-hydroxylation sites is 2. The van der Waals surface area contributed by atoms with Crippen molar-refractivity contribution in [2.75, 3.05) is 19.9 Å². The molecular weight excluding hydrogens is 392 g/mol. The highest BCUT2D eigenvalue weighted by Crippen LogP contribution is 2.40. The van der Waals surface area contributed by atoms with Gasteiger partial charge >= 0.3 is 0 Å². The number of oxazole rings is 1. The molecule has 148 valence electrons. The van der Waals surface area contributed by atoms with Crippen LogP contribution in [0.1, 0.15) is 30.2 Å². The summed E-state index contributed by atoms with van der Waals surface area (Å²) < 4.78 is 16.6. The highest BCUT2D eigenvalue weighted by molar-refractivity contribution is 6.32. The number of nitrogens with zero attached hydrogens (tertiary/aromatic N) is 2. The number of benzene rings is 2. The number of hydrogen-bond donors (Lipinski definition) is 0. The Bertz CT molecular complexity index is 1070. The Kier molecular flexibility index (Phi) is 4.64. The van der Waals surface area contributed by atoms with E-state index in [1.54, 1.807) is 18.2 Å². The van der Waals surface area contributed by atoms with E-state index >= 15 is 0 Å². The van der Waals surface area contributed by atoms with Crippen molar-refractivity contribution >= 4 is 34.7 Å². The number of hydrogen-bond acceptors (Lipinski definition) is 5. The molecule has 2 aliphatic rings. The SMILES string of the molecule is O=C(/C=C/c1cc(Cl)c2c(c1)OCO2)N1CCC(c2nc3ccccc3o2)CC1. The maximum absolute atomic E-state index is 12.6. The van der Waals surface area contributed by atoms with Crippen molar-refractivity contribution in [1.29, 1.82) is 0 Å². The summed E-state index contributed by atoms with van der Waals surface area (Å²) in [6.07, 6.45) is 5.00. The predicted molar refractivity (Wildman–Crippen MR) is 109 cm³/mol. The second kappa shape index (κ2) is 7.44. The quantitative estimate of drug-likeness (QED) is 0.589. The second-order valence-corrected chi connectivity index (χ2v) is 7.60. The molecule has 0 N–H and O–H groups in total. The van der Waals surface area contributed by atoms with E-state index in [1.807, 2.05) is 35.2 Å². The monoisotopic (exact) mass is 410 g/mol. The molecule has 1 aromatic heterocycles. The highest BCUT2D eigenvalue weighted by Gasteiger charge is 2.26. The van der Waals surface area contributed by atoms with E-state index in [-0.39, 0.29) is 18.6 Å². The number of piperidine rings is 1. The van der Waals surface area contributed by atoms with E-state index in [9.17, 15) is 4.79 Å². The average molecular weight is 411 g/mol. The molecule has 29 heavy (non-hydrogen) atoms. The maximum Gasteiger partial charge on any atom is 0.246 e. The Balaban J connectivity index is 1.22. The summed E-state index contributed by atoms with van der Waals surface area (Å²) in [6, 6.07) is 11.4. The Morgan fingerprint density at radius 3 is 2.83 bits per heavy atom. The fourth-order valence-corrected chi connectivity index (χ4v) is 4.04. The summed E-state index contributed by atoms with van der Waals surface area (Å²) in [5.74, 6) is 2.14. The van der Waals surface area contributed by atoms with Gasteiger partial charge in [-0.15, -0.1) is 0 Å². The summed E-state index contributed by atoms with van der Waals surface area (Å²) in [6.45, 7) is 1.51. The van der Waals surface area contributed by atoms with Crippen LogP contribution >= 0.6 is 11.6 Å². The van der Waals surface area contributed by atoms with Crippen molar-refractivity contribution in [1.82, 2.24) is 9.88 Å². The van der Waals surface area contributed by atoms with Gasteiger partial charge in [-0.2, -0.15) is 0 Å². The van der Waals surface area contributed by atoms with Gasteiger partial charge in [0.2, 0.25) is 12.7 Å². The molecule has 0 bridgehead atoms. The van der Waals surface area contributed by atoms with E-state index in [1.165, 1.54) is 0 Å². The molecule has 2 aliphatic heterocycles. The molecule has 0 saturated carbocycles. The molecular formula is C22H19ClN2O4. The fourth-order valence-electron chi connectivity index (χ4n) is 3.77. The van der Waals surface area contributed by atoms with Crippen LogP contribution in [0.4, 0.5) is 0 Å². The van der Waals surface area contributed by atoms with Crippen molar-refractivity contribution in [3.8, 4) is 11.5 Å². The lowest BCUT2D eigenvalue weighted by molar-refractivity contribution is -0.127. The summed E-state index contributed by atoms with van der Waals surface area (Å²) >= 11 is 6.19. The molecule has 7 heteroatoms. The van der Waals surface area contributed by atoms with Gasteiger partial charge in [0.25, 0.3) is 0 Å². The predicted octanol–water partition coefficient (Wildman–Crippen LogP) is 4.63. The summed E-state index contributed by atoms with van der Waals surface area (Å²) in [5, 5.41) is 0.478. The smallest absolute Gasteiger partial charge is 0.246 e. The molecule has 6 nitrogen and oxygen atoms in total. The minimum absolute atomic E-state index is 0.0187. The van der Waals surface area contributed by atoms with Crippen LogP contribution in [0.2, 0.25) is 5.02 Å². The molecule has 5 rings (SSSR count). The lowest BCUT2D eigenvalue weighted by Crippen LogP contribution is -2.36. The van der Waals surface area contributed by atoms with Crippen molar-refractivity contribution in [3.05, 3.63) is 59.0 Å². The molecule has 0 aliphatic carbocycles. The fraction of sp³-hybridized carbons (Fsp3) is 0.273. The van der Waals surface area contributed by atoms with Crippen LogP contribution in [0.5, 0.6) is 11.5 Å². The van der Waals surface area contributed by atoms with E-state index in [0.29, 0.717) is 29.6 Å². The zero-order valence-corrected chi connectivity index (χ0v) is 16.4. The van der Waals surface area contributed by atoms with Gasteiger partial charge in [-0.1, -0.05) is 23.7 Å². The largest absolute Gasteiger partial charge is 0.454 e. The molecule has 3 heterocycles. The van der Waals surface area contributed by atoms with Gasteiger partial charge in [-0.3, -0.25) is 4.79 Å². The molecule has 2 aromatic carbocycles. The van der Waals surface area contributed by atoms with E-state index in [0.717, 1.165) is 35.4 Å². The number of ether oxygens (including phenoxy) is 2. The van der Waals surface area contributed by atoms with Crippen LogP contribution in [0.15, 0.2) is 46.9 Å². The molecule has 1 amide bonds. The van der Waals surface area contributed by atoms with Gasteiger partial charge in [0, 0.05) is 25.1 Å². The van der Waals surface area contributed by atoms with Crippen molar-refractivity contribution < 1.29 is 18.7 Å². The average Bonchev–Trinajstić information content (AvgIpc) is 3.39. The van der Waals surface area contributed by atoms with E-state index in [2.05, 4.69) is 4.98 Å². The Hall–Kier alpha value is -2.99. The Morgan fingerprint density at radius 2 is 2.00 bits per heavy atom. The minimum Gasteiger partial charge on any atom is -0.454 e. The number of fused-ring (bicyclic) bond motifs is 2. The molecule has 1 saturated heterocycles. The first kappa shape index (κ1) is 18.1. The topological polar surface area (TPSA) is 64.8 Å². The first-order chi connectivity index (χ1) is 14.2. The molecule has 0 radical (unpaired) electrons. The zero-order valence-electron chi connectivity index (χ0n) is 15.6. The normalized spacial score (nSPS) is 16.8. The summed E-state index contributed by atoms with van der Waals surface area (Å²) in [4.78, 5) is 19.0. The third-order valence-corrected chi connectivity index (χ3v) is 5.61. The standard InChI is InChI=1S/C22H19ClN2O4/c23-16-11-14(12-19-21(16)28-13-27-19)5-6-20(26)25-9-7-15(8-10-25)22-24-17-3-1-2-4-18(17)29-22/h1-6,11-12,15H,7-10,13H2/b6-5+. The van der Waals surface area contributed by atoms with Crippen LogP contribution < -0.4 is 9.47 Å². The van der Waals surface area contributed by atoms with Gasteiger partial charge in [0.05, 0.1) is 5.02 Å². The minimum atomic E-state index is -0.0187. The molecule has 1 fully saturated rings. The highest BCUT2D eigenvalue weighted by atomic mass is 35.5. The number of rotatable bonds is 3. The van der Waals surface area contributed by atoms with Gasteiger partial charge in [0.1, 0.15) is 5.52 Å². The third-order valence-electron chi connectivity index (χ3n) is 5.33. The first-order valence-corrected chi connectivity index (χ1v) is 9.97. The summed E-state index contributed by atoms with van der Waals surface area (Å²) in [5.41, 5.74) is 2.49. The molecule has 3 aromatic rings. The maximum atomic E-state index is 12.6. The third kappa shape index (κ3) is 3.56. The lowest BCUT2D eigenvalue weighted by atomic mass is 9.96. The first-order valence-electron chi connectivity index (χ1n) is 9.59. The van der Waals surface area contributed by atoms with Crippen LogP contribution in [-0.4, -0.2) is 35.7 Å². The van der Waals surface area contributed by atoms with Gasteiger partial charge in [-0.25, -0.2) is 4.98 Å². The molecule has 0 atom stereocenters. The van der Waals surface area contributed by atoms with Gasteiger partial charge in [-0.05, 0) is 48.7 Å². The van der Waals surface area contributed by atoms with Crippen molar-refractivity contribution in [2.45, 2.75) is 18.8 Å². The molecule has 0 unspecified atom stereocenters. The van der Waals surface area contributed by atoms with E-state index < -0.39 is 0 Å². The van der Waals surface area contributed by atoms with Crippen LogP contribution in [0.3, 0.4) is 0 Å². The number of halogens is 1. The van der Waals surface area contributed by atoms with Gasteiger partial charge < -0.3 is 18.8 Å². The van der Waals surface area contributed by atoms with Crippen LogP contribution in [-0.2, 0) is 4.79 Å².